The fourth-order valence-corrected chi connectivity index (χ4v) is 2.31. The summed E-state index contributed by atoms with van der Waals surface area (Å²) >= 11 is 6.15. The molecular weight excluding hydrogens is 260 g/mol. The van der Waals surface area contributed by atoms with E-state index in [2.05, 4.69) is 9.97 Å². The number of aliphatic hydroxyl groups excluding tert-OH is 1. The molecule has 4 heteroatoms. The van der Waals surface area contributed by atoms with Gasteiger partial charge in [-0.1, -0.05) is 23.7 Å². The van der Waals surface area contributed by atoms with Crippen molar-refractivity contribution in [3.63, 3.8) is 0 Å². The highest BCUT2D eigenvalue weighted by Gasteiger charge is 2.15. The van der Waals surface area contributed by atoms with Crippen LogP contribution in [0.4, 0.5) is 0 Å². The van der Waals surface area contributed by atoms with Crippen LogP contribution in [0.15, 0.2) is 55.0 Å². The highest BCUT2D eigenvalue weighted by atomic mass is 35.5. The van der Waals surface area contributed by atoms with Gasteiger partial charge in [-0.25, -0.2) is 0 Å². The van der Waals surface area contributed by atoms with Crippen LogP contribution in [-0.4, -0.2) is 15.1 Å². The minimum Gasteiger partial charge on any atom is -0.384 e. The maximum absolute atomic E-state index is 10.5. The zero-order chi connectivity index (χ0) is 13.2. The van der Waals surface area contributed by atoms with E-state index in [-0.39, 0.29) is 0 Å². The van der Waals surface area contributed by atoms with E-state index >= 15 is 0 Å². The molecule has 0 saturated carbocycles. The molecule has 19 heavy (non-hydrogen) atoms. The molecule has 1 atom stereocenters. The number of nitrogens with zero attached hydrogens (tertiary/aromatic N) is 2. The molecule has 0 amide bonds. The monoisotopic (exact) mass is 270 g/mol. The van der Waals surface area contributed by atoms with Crippen LogP contribution in [0.2, 0.25) is 5.02 Å². The van der Waals surface area contributed by atoms with Gasteiger partial charge in [-0.15, -0.1) is 0 Å². The molecule has 0 aliphatic heterocycles. The fraction of sp³-hybridized carbons (Fsp3) is 0.0667. The molecular formula is C15H11ClN2O. The van der Waals surface area contributed by atoms with Crippen LogP contribution in [0.1, 0.15) is 17.2 Å². The number of rotatable bonds is 2. The minimum atomic E-state index is -0.761. The summed E-state index contributed by atoms with van der Waals surface area (Å²) in [6, 6.07) is 10.9. The van der Waals surface area contributed by atoms with Crippen LogP contribution in [0, 0.1) is 0 Å². The summed E-state index contributed by atoms with van der Waals surface area (Å²) < 4.78 is 0. The molecule has 0 aliphatic rings. The van der Waals surface area contributed by atoms with Gasteiger partial charge in [0.05, 0.1) is 5.52 Å². The number of aromatic nitrogens is 2. The van der Waals surface area contributed by atoms with E-state index in [0.29, 0.717) is 10.5 Å². The van der Waals surface area contributed by atoms with Crippen LogP contribution in [0.25, 0.3) is 10.9 Å². The van der Waals surface area contributed by atoms with Gasteiger partial charge in [0, 0.05) is 40.1 Å². The smallest absolute Gasteiger partial charge is 0.108 e. The molecule has 0 saturated heterocycles. The molecule has 94 valence electrons. The first-order valence-electron chi connectivity index (χ1n) is 5.88. The van der Waals surface area contributed by atoms with Gasteiger partial charge in [0.2, 0.25) is 0 Å². The molecule has 0 bridgehead atoms. The summed E-state index contributed by atoms with van der Waals surface area (Å²) in [7, 11) is 0. The van der Waals surface area contributed by atoms with Crippen molar-refractivity contribution in [2.75, 3.05) is 0 Å². The summed E-state index contributed by atoms with van der Waals surface area (Å²) in [5, 5.41) is 11.9. The van der Waals surface area contributed by atoms with Crippen LogP contribution >= 0.6 is 11.6 Å². The van der Waals surface area contributed by atoms with Crippen molar-refractivity contribution >= 4 is 22.5 Å². The lowest BCUT2D eigenvalue weighted by atomic mass is 10.00. The normalized spacial score (nSPS) is 12.5. The van der Waals surface area contributed by atoms with E-state index in [1.54, 1.807) is 36.8 Å². The van der Waals surface area contributed by atoms with Crippen molar-refractivity contribution in [3.05, 3.63) is 71.1 Å². The van der Waals surface area contributed by atoms with Crippen molar-refractivity contribution in [2.24, 2.45) is 0 Å². The lowest BCUT2D eigenvalue weighted by molar-refractivity contribution is 0.221. The molecule has 1 aromatic carbocycles. The summed E-state index contributed by atoms with van der Waals surface area (Å²) in [4.78, 5) is 8.35. The Labute approximate surface area is 115 Å². The third-order valence-corrected chi connectivity index (χ3v) is 3.37. The van der Waals surface area contributed by atoms with E-state index in [4.69, 9.17) is 11.6 Å². The molecule has 1 N–H and O–H groups in total. The average molecular weight is 271 g/mol. The Morgan fingerprint density at radius 1 is 1.05 bits per heavy atom. The molecule has 3 nitrogen and oxygen atoms in total. The van der Waals surface area contributed by atoms with Gasteiger partial charge in [0.1, 0.15) is 6.10 Å². The molecule has 1 unspecified atom stereocenters. The highest BCUT2D eigenvalue weighted by molar-refractivity contribution is 6.35. The van der Waals surface area contributed by atoms with E-state index in [9.17, 15) is 5.11 Å². The van der Waals surface area contributed by atoms with Crippen LogP contribution in [0.5, 0.6) is 0 Å². The molecule has 2 aromatic heterocycles. The SMILES string of the molecule is OC(c1cccnc1)c1ccc(Cl)c2cccnc12. The Bertz CT molecular complexity index is 716. The summed E-state index contributed by atoms with van der Waals surface area (Å²) in [5.74, 6) is 0. The quantitative estimate of drug-likeness (QED) is 0.777. The predicted octanol–water partition coefficient (Wildman–Crippen LogP) is 3.36. The van der Waals surface area contributed by atoms with Gasteiger partial charge >= 0.3 is 0 Å². The summed E-state index contributed by atoms with van der Waals surface area (Å²) in [6.07, 6.45) is 4.25. The number of halogens is 1. The second-order valence-corrected chi connectivity index (χ2v) is 4.63. The first-order valence-corrected chi connectivity index (χ1v) is 6.26. The predicted molar refractivity (Wildman–Crippen MR) is 75.1 cm³/mol. The van der Waals surface area contributed by atoms with E-state index < -0.39 is 6.10 Å². The molecule has 0 fully saturated rings. The molecule has 2 heterocycles. The zero-order valence-corrected chi connectivity index (χ0v) is 10.7. The van der Waals surface area contributed by atoms with Crippen LogP contribution in [0.3, 0.4) is 0 Å². The van der Waals surface area contributed by atoms with Crippen molar-refractivity contribution < 1.29 is 5.11 Å². The van der Waals surface area contributed by atoms with E-state index in [1.165, 1.54) is 0 Å². The summed E-state index contributed by atoms with van der Waals surface area (Å²) in [5.41, 5.74) is 2.18. The van der Waals surface area contributed by atoms with Crippen molar-refractivity contribution in [1.29, 1.82) is 0 Å². The fourth-order valence-electron chi connectivity index (χ4n) is 2.10. The molecule has 0 radical (unpaired) electrons. The first-order chi connectivity index (χ1) is 9.27. The first kappa shape index (κ1) is 12.1. The second-order valence-electron chi connectivity index (χ2n) is 4.23. The van der Waals surface area contributed by atoms with Crippen molar-refractivity contribution in [3.8, 4) is 0 Å². The molecule has 3 rings (SSSR count). The Hall–Kier alpha value is -1.97. The van der Waals surface area contributed by atoms with Gasteiger partial charge in [0.25, 0.3) is 0 Å². The van der Waals surface area contributed by atoms with Crippen LogP contribution in [-0.2, 0) is 0 Å². The topological polar surface area (TPSA) is 46.0 Å². The maximum atomic E-state index is 10.5. The minimum absolute atomic E-state index is 0.630. The second kappa shape index (κ2) is 4.96. The third kappa shape index (κ3) is 2.18. The Balaban J connectivity index is 2.18. The molecule has 0 spiro atoms. The lowest BCUT2D eigenvalue weighted by Gasteiger charge is -2.13. The lowest BCUT2D eigenvalue weighted by Crippen LogP contribution is -2.02. The Kier molecular flexibility index (Phi) is 3.15. The Morgan fingerprint density at radius 3 is 2.68 bits per heavy atom. The Morgan fingerprint density at radius 2 is 1.89 bits per heavy atom. The van der Waals surface area contributed by atoms with Gasteiger partial charge in [-0.3, -0.25) is 9.97 Å². The highest BCUT2D eigenvalue weighted by Crippen LogP contribution is 2.31. The van der Waals surface area contributed by atoms with Gasteiger partial charge in [-0.2, -0.15) is 0 Å². The molecule has 0 aliphatic carbocycles. The van der Waals surface area contributed by atoms with Crippen LogP contribution < -0.4 is 0 Å². The summed E-state index contributed by atoms with van der Waals surface area (Å²) in [6.45, 7) is 0. The van der Waals surface area contributed by atoms with Gasteiger partial charge in [0.15, 0.2) is 0 Å². The van der Waals surface area contributed by atoms with Gasteiger partial charge in [-0.05, 0) is 24.3 Å². The van der Waals surface area contributed by atoms with E-state index in [1.807, 2.05) is 18.2 Å². The van der Waals surface area contributed by atoms with E-state index in [0.717, 1.165) is 16.5 Å². The number of aliphatic hydroxyl groups is 1. The number of benzene rings is 1. The molecule has 3 aromatic rings. The third-order valence-electron chi connectivity index (χ3n) is 3.04. The number of pyridine rings is 2. The largest absolute Gasteiger partial charge is 0.384 e. The number of hydrogen-bond donors (Lipinski definition) is 1. The standard InChI is InChI=1S/C15H11ClN2O/c16-13-6-5-12(14-11(13)4-2-8-18-14)15(19)10-3-1-7-17-9-10/h1-9,15,19H. The average Bonchev–Trinajstić information content (AvgIpc) is 2.48. The van der Waals surface area contributed by atoms with Crippen molar-refractivity contribution in [1.82, 2.24) is 9.97 Å². The maximum Gasteiger partial charge on any atom is 0.108 e. The number of hydrogen-bond acceptors (Lipinski definition) is 3. The van der Waals surface area contributed by atoms with Crippen molar-refractivity contribution in [2.45, 2.75) is 6.10 Å². The van der Waals surface area contributed by atoms with Gasteiger partial charge < -0.3 is 5.11 Å². The zero-order valence-electron chi connectivity index (χ0n) is 9.99. The number of fused-ring (bicyclic) bond motifs is 1.